The summed E-state index contributed by atoms with van der Waals surface area (Å²) in [7, 11) is 0. The largest absolute Gasteiger partial charge is 0.478 e. The number of para-hydroxylation sites is 1. The summed E-state index contributed by atoms with van der Waals surface area (Å²) in [6.07, 6.45) is 0. The molecule has 1 heterocycles. The lowest BCUT2D eigenvalue weighted by Gasteiger charge is -2.39. The van der Waals surface area contributed by atoms with Crippen molar-refractivity contribution in [3.05, 3.63) is 29.8 Å². The Kier molecular flexibility index (Phi) is 4.59. The van der Waals surface area contributed by atoms with Gasteiger partial charge in [-0.05, 0) is 26.0 Å². The smallest absolute Gasteiger partial charge is 0.337 e. The van der Waals surface area contributed by atoms with Gasteiger partial charge in [-0.2, -0.15) is 0 Å². The van der Waals surface area contributed by atoms with Crippen LogP contribution >= 0.6 is 0 Å². The van der Waals surface area contributed by atoms with Crippen LogP contribution in [0.3, 0.4) is 0 Å². The molecule has 1 amide bonds. The van der Waals surface area contributed by atoms with Crippen LogP contribution in [0.5, 0.6) is 0 Å². The second-order valence-electron chi connectivity index (χ2n) is 5.60. The van der Waals surface area contributed by atoms with E-state index in [1.165, 1.54) is 6.07 Å². The Morgan fingerprint density at radius 3 is 2.48 bits per heavy atom. The molecule has 0 unspecified atom stereocenters. The molecule has 0 aliphatic carbocycles. The number of carbonyl (C=O) groups is 2. The number of benzene rings is 1. The Morgan fingerprint density at radius 2 is 1.86 bits per heavy atom. The van der Waals surface area contributed by atoms with Gasteiger partial charge in [0.15, 0.2) is 0 Å². The molecule has 21 heavy (non-hydrogen) atoms. The summed E-state index contributed by atoms with van der Waals surface area (Å²) in [4.78, 5) is 25.8. The summed E-state index contributed by atoms with van der Waals surface area (Å²) < 4.78 is 0. The third kappa shape index (κ3) is 3.40. The third-order valence-corrected chi connectivity index (χ3v) is 3.87. The number of anilines is 1. The molecule has 0 bridgehead atoms. The maximum Gasteiger partial charge on any atom is 0.337 e. The van der Waals surface area contributed by atoms with Crippen molar-refractivity contribution in [3.63, 3.8) is 0 Å². The molecule has 2 rings (SSSR count). The zero-order chi connectivity index (χ0) is 15.5. The van der Waals surface area contributed by atoms with Crippen LogP contribution in [0.1, 0.15) is 24.2 Å². The number of hydrogen-bond donors (Lipinski definition) is 3. The van der Waals surface area contributed by atoms with Gasteiger partial charge in [0.2, 0.25) is 5.91 Å². The first-order valence-corrected chi connectivity index (χ1v) is 7.02. The molecule has 1 aromatic rings. The summed E-state index contributed by atoms with van der Waals surface area (Å²) in [6.45, 7) is 7.00. The number of carboxylic acid groups (broad SMARTS) is 1. The van der Waals surface area contributed by atoms with Crippen LogP contribution in [0, 0.1) is 0 Å². The predicted octanol–water partition coefficient (Wildman–Crippen LogP) is 1.01. The highest BCUT2D eigenvalue weighted by molar-refractivity contribution is 6.03. The number of nitrogens with one attached hydrogen (secondary N) is 2. The highest BCUT2D eigenvalue weighted by Crippen LogP contribution is 2.20. The minimum absolute atomic E-state index is 0.0990. The molecule has 0 aromatic heterocycles. The molecule has 6 heteroatoms. The van der Waals surface area contributed by atoms with E-state index < -0.39 is 11.5 Å². The number of amides is 1. The second kappa shape index (κ2) is 6.24. The molecule has 3 N–H and O–H groups in total. The van der Waals surface area contributed by atoms with Crippen molar-refractivity contribution in [2.45, 2.75) is 19.4 Å². The molecular formula is C15H21N3O3. The molecule has 1 aromatic carbocycles. The molecule has 0 saturated carbocycles. The highest BCUT2D eigenvalue weighted by atomic mass is 16.4. The lowest BCUT2D eigenvalue weighted by Crippen LogP contribution is -2.58. The van der Waals surface area contributed by atoms with Crippen LogP contribution in [0.25, 0.3) is 0 Å². The van der Waals surface area contributed by atoms with Crippen LogP contribution < -0.4 is 10.6 Å². The average Bonchev–Trinajstić information content (AvgIpc) is 2.48. The average molecular weight is 291 g/mol. The van der Waals surface area contributed by atoms with Crippen LogP contribution in [-0.2, 0) is 4.79 Å². The van der Waals surface area contributed by atoms with E-state index in [-0.39, 0.29) is 11.5 Å². The van der Waals surface area contributed by atoms with E-state index in [0.717, 1.165) is 26.2 Å². The van der Waals surface area contributed by atoms with Crippen molar-refractivity contribution in [2.75, 3.05) is 31.5 Å². The van der Waals surface area contributed by atoms with Gasteiger partial charge in [-0.3, -0.25) is 9.69 Å². The molecule has 1 aliphatic rings. The maximum atomic E-state index is 12.5. The molecular weight excluding hydrogens is 270 g/mol. The van der Waals surface area contributed by atoms with Crippen molar-refractivity contribution in [1.82, 2.24) is 10.2 Å². The quantitative estimate of drug-likeness (QED) is 0.771. The Balaban J connectivity index is 2.15. The number of rotatable bonds is 4. The summed E-state index contributed by atoms with van der Waals surface area (Å²) in [5, 5.41) is 15.2. The summed E-state index contributed by atoms with van der Waals surface area (Å²) in [6, 6.07) is 6.44. The van der Waals surface area contributed by atoms with Gasteiger partial charge in [-0.15, -0.1) is 0 Å². The normalized spacial score (nSPS) is 16.5. The Morgan fingerprint density at radius 1 is 1.24 bits per heavy atom. The van der Waals surface area contributed by atoms with Crippen molar-refractivity contribution in [3.8, 4) is 0 Å². The summed E-state index contributed by atoms with van der Waals surface area (Å²) in [5.41, 5.74) is -0.256. The monoisotopic (exact) mass is 291 g/mol. The molecule has 1 saturated heterocycles. The van der Waals surface area contributed by atoms with E-state index in [0.29, 0.717) is 5.69 Å². The van der Waals surface area contributed by atoms with Gasteiger partial charge in [0, 0.05) is 26.2 Å². The molecule has 0 atom stereocenters. The van der Waals surface area contributed by atoms with Crippen molar-refractivity contribution < 1.29 is 14.7 Å². The van der Waals surface area contributed by atoms with E-state index in [2.05, 4.69) is 15.5 Å². The van der Waals surface area contributed by atoms with Crippen LogP contribution in [-0.4, -0.2) is 53.6 Å². The van der Waals surface area contributed by atoms with Gasteiger partial charge in [0.05, 0.1) is 16.8 Å². The van der Waals surface area contributed by atoms with Crippen molar-refractivity contribution >= 4 is 17.6 Å². The Bertz CT molecular complexity index is 537. The molecule has 114 valence electrons. The minimum atomic E-state index is -1.05. The van der Waals surface area contributed by atoms with Gasteiger partial charge < -0.3 is 15.7 Å². The first-order chi connectivity index (χ1) is 9.93. The molecule has 0 radical (unpaired) electrons. The molecule has 6 nitrogen and oxygen atoms in total. The summed E-state index contributed by atoms with van der Waals surface area (Å²) >= 11 is 0. The van der Waals surface area contributed by atoms with Gasteiger partial charge >= 0.3 is 5.97 Å². The van der Waals surface area contributed by atoms with Crippen LogP contribution in [0.4, 0.5) is 5.69 Å². The summed E-state index contributed by atoms with van der Waals surface area (Å²) in [5.74, 6) is -1.25. The van der Waals surface area contributed by atoms with Gasteiger partial charge in [0.1, 0.15) is 0 Å². The Hall–Kier alpha value is -1.92. The van der Waals surface area contributed by atoms with Crippen molar-refractivity contribution in [1.29, 1.82) is 0 Å². The number of piperazine rings is 1. The Labute approximate surface area is 124 Å². The minimum Gasteiger partial charge on any atom is -0.478 e. The lowest BCUT2D eigenvalue weighted by atomic mass is 10.00. The standard InChI is InChI=1S/C15H21N3O3/c1-15(2,18-9-7-16-8-10-18)14(21)17-12-6-4-3-5-11(12)13(19)20/h3-6,16H,7-10H2,1-2H3,(H,17,21)(H,19,20). The molecule has 1 fully saturated rings. The first-order valence-electron chi connectivity index (χ1n) is 7.02. The van der Waals surface area contributed by atoms with Gasteiger partial charge in [-0.1, -0.05) is 12.1 Å². The second-order valence-corrected chi connectivity index (χ2v) is 5.60. The van der Waals surface area contributed by atoms with Gasteiger partial charge in [-0.25, -0.2) is 4.79 Å². The number of carboxylic acids is 1. The van der Waals surface area contributed by atoms with Crippen molar-refractivity contribution in [2.24, 2.45) is 0 Å². The fraction of sp³-hybridized carbons (Fsp3) is 0.467. The van der Waals surface area contributed by atoms with Crippen LogP contribution in [0.2, 0.25) is 0 Å². The maximum absolute atomic E-state index is 12.5. The van der Waals surface area contributed by atoms with E-state index in [4.69, 9.17) is 5.11 Å². The molecule has 1 aliphatic heterocycles. The zero-order valence-electron chi connectivity index (χ0n) is 12.3. The lowest BCUT2D eigenvalue weighted by molar-refractivity contribution is -0.126. The molecule has 0 spiro atoms. The highest BCUT2D eigenvalue weighted by Gasteiger charge is 2.35. The number of nitrogens with zero attached hydrogens (tertiary/aromatic N) is 1. The zero-order valence-corrected chi connectivity index (χ0v) is 12.3. The topological polar surface area (TPSA) is 81.7 Å². The number of carbonyl (C=O) groups excluding carboxylic acids is 1. The first kappa shape index (κ1) is 15.5. The number of hydrogen-bond acceptors (Lipinski definition) is 4. The van der Waals surface area contributed by atoms with E-state index >= 15 is 0 Å². The van der Waals surface area contributed by atoms with Gasteiger partial charge in [0.25, 0.3) is 0 Å². The fourth-order valence-corrected chi connectivity index (χ4v) is 2.42. The van der Waals surface area contributed by atoms with E-state index in [1.807, 2.05) is 13.8 Å². The number of aromatic carboxylic acids is 1. The third-order valence-electron chi connectivity index (χ3n) is 3.87. The SMILES string of the molecule is CC(C)(C(=O)Nc1ccccc1C(=O)O)N1CCNCC1. The van der Waals surface area contributed by atoms with Crippen LogP contribution in [0.15, 0.2) is 24.3 Å². The fourth-order valence-electron chi connectivity index (χ4n) is 2.42. The van der Waals surface area contributed by atoms with E-state index in [1.54, 1.807) is 18.2 Å². The van der Waals surface area contributed by atoms with E-state index in [9.17, 15) is 9.59 Å². The predicted molar refractivity (Wildman–Crippen MR) is 80.6 cm³/mol.